The van der Waals surface area contributed by atoms with Gasteiger partial charge in [-0.25, -0.2) is 19.5 Å². The summed E-state index contributed by atoms with van der Waals surface area (Å²) in [4.78, 5) is 24.0. The van der Waals surface area contributed by atoms with Crippen molar-refractivity contribution < 1.29 is 37.3 Å². The van der Waals surface area contributed by atoms with Gasteiger partial charge in [0.25, 0.3) is 0 Å². The lowest BCUT2D eigenvalue weighted by atomic mass is 10.1. The van der Waals surface area contributed by atoms with Crippen LogP contribution in [0.4, 0.5) is 4.79 Å². The van der Waals surface area contributed by atoms with Gasteiger partial charge in [-0.15, -0.1) is 0 Å². The summed E-state index contributed by atoms with van der Waals surface area (Å²) in [5, 5.41) is 8.77. The third-order valence-corrected chi connectivity index (χ3v) is 6.61. The SMILES string of the molecule is COc1ccc(-c2cc3nccnc3c(OC[C@@H]3CN(S(=O)(=O)NC(=O)O)CCO3)n2)cc1OC. The summed E-state index contributed by atoms with van der Waals surface area (Å²) < 4.78 is 49.1. The summed E-state index contributed by atoms with van der Waals surface area (Å²) in [6.45, 7) is -0.0521. The largest absolute Gasteiger partial charge is 0.493 e. The minimum Gasteiger partial charge on any atom is -0.493 e. The van der Waals surface area contributed by atoms with Crippen LogP contribution in [0.3, 0.4) is 0 Å². The van der Waals surface area contributed by atoms with Crippen molar-refractivity contribution >= 4 is 27.3 Å². The number of pyridine rings is 1. The number of morpholine rings is 1. The summed E-state index contributed by atoms with van der Waals surface area (Å²) in [6.07, 6.45) is 0.737. The monoisotopic (exact) mass is 505 g/mol. The maximum absolute atomic E-state index is 12.2. The number of nitrogens with zero attached hydrogens (tertiary/aromatic N) is 4. The van der Waals surface area contributed by atoms with E-state index >= 15 is 0 Å². The van der Waals surface area contributed by atoms with E-state index in [1.54, 1.807) is 31.5 Å². The Balaban J connectivity index is 1.58. The first-order valence-electron chi connectivity index (χ1n) is 10.4. The number of hydrogen-bond donors (Lipinski definition) is 2. The second kappa shape index (κ2) is 10.2. The third-order valence-electron chi connectivity index (χ3n) is 5.17. The lowest BCUT2D eigenvalue weighted by molar-refractivity contribution is -0.0256. The fraction of sp³-hybridized carbons (Fsp3) is 0.333. The molecule has 0 bridgehead atoms. The molecule has 0 radical (unpaired) electrons. The van der Waals surface area contributed by atoms with Crippen molar-refractivity contribution in [3.63, 3.8) is 0 Å². The van der Waals surface area contributed by atoms with Crippen molar-refractivity contribution in [2.45, 2.75) is 6.10 Å². The van der Waals surface area contributed by atoms with E-state index in [0.29, 0.717) is 28.2 Å². The quantitative estimate of drug-likeness (QED) is 0.454. The fourth-order valence-corrected chi connectivity index (χ4v) is 4.57. The molecular weight excluding hydrogens is 482 g/mol. The predicted molar refractivity (Wildman–Crippen MR) is 123 cm³/mol. The lowest BCUT2D eigenvalue weighted by Gasteiger charge is -2.31. The number of fused-ring (bicyclic) bond motifs is 1. The molecule has 0 aliphatic carbocycles. The maximum atomic E-state index is 12.2. The smallest absolute Gasteiger partial charge is 0.419 e. The molecule has 1 amide bonds. The summed E-state index contributed by atoms with van der Waals surface area (Å²) >= 11 is 0. The number of nitrogens with one attached hydrogen (secondary N) is 1. The molecule has 0 spiro atoms. The Kier molecular flexibility index (Phi) is 7.14. The van der Waals surface area contributed by atoms with Crippen molar-refractivity contribution in [1.29, 1.82) is 0 Å². The van der Waals surface area contributed by atoms with Crippen LogP contribution in [0.2, 0.25) is 0 Å². The standard InChI is InChI=1S/C21H23N5O8S/c1-31-17-4-3-13(9-18(17)32-2)15-10-16-19(23-6-5-22-16)20(24-15)34-12-14-11-26(7-8-33-14)35(29,30)25-21(27)28/h3-6,9-10,14,25H,7-8,11-12H2,1-2H3,(H,27,28)/t14-/m0/s1. The van der Waals surface area contributed by atoms with Gasteiger partial charge in [0.05, 0.1) is 32.0 Å². The van der Waals surface area contributed by atoms with Crippen LogP contribution in [0.5, 0.6) is 17.4 Å². The number of amides is 1. The average Bonchev–Trinajstić information content (AvgIpc) is 2.86. The fourth-order valence-electron chi connectivity index (χ4n) is 3.55. The van der Waals surface area contributed by atoms with Gasteiger partial charge in [0.2, 0.25) is 5.88 Å². The molecule has 2 N–H and O–H groups in total. The van der Waals surface area contributed by atoms with Crippen LogP contribution < -0.4 is 18.9 Å². The second-order valence-corrected chi connectivity index (χ2v) is 9.05. The average molecular weight is 506 g/mol. The van der Waals surface area contributed by atoms with E-state index in [2.05, 4.69) is 15.0 Å². The van der Waals surface area contributed by atoms with Gasteiger partial charge in [-0.05, 0) is 24.3 Å². The van der Waals surface area contributed by atoms with Crippen molar-refractivity contribution in [2.24, 2.45) is 0 Å². The summed E-state index contributed by atoms with van der Waals surface area (Å²) in [7, 11) is -1.12. The van der Waals surface area contributed by atoms with Gasteiger partial charge < -0.3 is 24.1 Å². The van der Waals surface area contributed by atoms with E-state index in [-0.39, 0.29) is 32.2 Å². The Bertz CT molecular complexity index is 1340. The molecule has 3 heterocycles. The highest BCUT2D eigenvalue weighted by Crippen LogP contribution is 2.33. The number of aromatic nitrogens is 3. The molecule has 1 atom stereocenters. The number of benzene rings is 1. The number of ether oxygens (including phenoxy) is 4. The van der Waals surface area contributed by atoms with Gasteiger partial charge in [0.1, 0.15) is 12.7 Å². The number of carboxylic acid groups (broad SMARTS) is 1. The first-order valence-corrected chi connectivity index (χ1v) is 11.8. The Morgan fingerprint density at radius 1 is 1.20 bits per heavy atom. The number of methoxy groups -OCH3 is 2. The van der Waals surface area contributed by atoms with Crippen LogP contribution in [0, 0.1) is 0 Å². The van der Waals surface area contributed by atoms with Crippen molar-refractivity contribution in [3.8, 4) is 28.6 Å². The van der Waals surface area contributed by atoms with Crippen molar-refractivity contribution in [1.82, 2.24) is 24.0 Å². The third kappa shape index (κ3) is 5.50. The van der Waals surface area contributed by atoms with E-state index in [9.17, 15) is 13.2 Å². The highest BCUT2D eigenvalue weighted by Gasteiger charge is 2.31. The van der Waals surface area contributed by atoms with Crippen molar-refractivity contribution in [2.75, 3.05) is 40.5 Å². The molecule has 35 heavy (non-hydrogen) atoms. The first kappa shape index (κ1) is 24.4. The van der Waals surface area contributed by atoms with E-state index in [1.165, 1.54) is 18.0 Å². The Labute approximate surface area is 200 Å². The summed E-state index contributed by atoms with van der Waals surface area (Å²) in [5.74, 6) is 1.28. The van der Waals surface area contributed by atoms with Crippen LogP contribution in [0.15, 0.2) is 36.7 Å². The molecule has 2 aromatic heterocycles. The van der Waals surface area contributed by atoms with Gasteiger partial charge in [0, 0.05) is 31.0 Å². The highest BCUT2D eigenvalue weighted by atomic mass is 32.2. The molecule has 1 aliphatic heterocycles. The molecule has 1 saturated heterocycles. The Morgan fingerprint density at radius 2 is 1.97 bits per heavy atom. The lowest BCUT2D eigenvalue weighted by Crippen LogP contribution is -2.52. The molecule has 1 aromatic carbocycles. The van der Waals surface area contributed by atoms with E-state index < -0.39 is 22.4 Å². The zero-order valence-electron chi connectivity index (χ0n) is 18.9. The van der Waals surface area contributed by atoms with Gasteiger partial charge in [-0.2, -0.15) is 12.7 Å². The Morgan fingerprint density at radius 3 is 2.71 bits per heavy atom. The van der Waals surface area contributed by atoms with Gasteiger partial charge >= 0.3 is 16.3 Å². The van der Waals surface area contributed by atoms with E-state index in [1.807, 2.05) is 6.07 Å². The van der Waals surface area contributed by atoms with Crippen LogP contribution in [0.25, 0.3) is 22.3 Å². The summed E-state index contributed by atoms with van der Waals surface area (Å²) in [6, 6.07) is 7.11. The van der Waals surface area contributed by atoms with Crippen molar-refractivity contribution in [3.05, 3.63) is 36.7 Å². The molecule has 14 heteroatoms. The molecular formula is C21H23N5O8S. The maximum Gasteiger partial charge on any atom is 0.419 e. The van der Waals surface area contributed by atoms with Crippen LogP contribution >= 0.6 is 0 Å². The van der Waals surface area contributed by atoms with Gasteiger partial charge in [0.15, 0.2) is 17.0 Å². The normalized spacial score (nSPS) is 16.6. The number of carbonyl (C=O) groups is 1. The molecule has 1 fully saturated rings. The Hall–Kier alpha value is -3.75. The zero-order valence-corrected chi connectivity index (χ0v) is 19.7. The minimum absolute atomic E-state index is 0.0144. The number of rotatable bonds is 8. The molecule has 3 aromatic rings. The van der Waals surface area contributed by atoms with Gasteiger partial charge in [-0.1, -0.05) is 0 Å². The first-order chi connectivity index (χ1) is 16.8. The summed E-state index contributed by atoms with van der Waals surface area (Å²) in [5.41, 5.74) is 2.24. The minimum atomic E-state index is -4.20. The highest BCUT2D eigenvalue weighted by molar-refractivity contribution is 7.87. The molecule has 186 valence electrons. The van der Waals surface area contributed by atoms with E-state index in [4.69, 9.17) is 24.1 Å². The molecule has 13 nitrogen and oxygen atoms in total. The van der Waals surface area contributed by atoms with Crippen LogP contribution in [-0.2, 0) is 14.9 Å². The predicted octanol–water partition coefficient (Wildman–Crippen LogP) is 1.30. The van der Waals surface area contributed by atoms with Gasteiger partial charge in [-0.3, -0.25) is 4.98 Å². The second-order valence-electron chi connectivity index (χ2n) is 7.38. The number of hydrogen-bond acceptors (Lipinski definition) is 10. The zero-order chi connectivity index (χ0) is 25.0. The molecule has 0 unspecified atom stereocenters. The topological polar surface area (TPSA) is 162 Å². The molecule has 1 aliphatic rings. The van der Waals surface area contributed by atoms with Crippen LogP contribution in [-0.4, -0.2) is 85.5 Å². The molecule has 4 rings (SSSR count). The van der Waals surface area contributed by atoms with Crippen LogP contribution in [0.1, 0.15) is 0 Å². The molecule has 0 saturated carbocycles. The van der Waals surface area contributed by atoms with E-state index in [0.717, 1.165) is 9.87 Å².